The van der Waals surface area contributed by atoms with Crippen LogP contribution in [0.15, 0.2) is 24.5 Å². The summed E-state index contributed by atoms with van der Waals surface area (Å²) in [7, 11) is 1.23. The fourth-order valence-corrected chi connectivity index (χ4v) is 2.97. The van der Waals surface area contributed by atoms with Crippen molar-refractivity contribution < 1.29 is 47.8 Å². The van der Waals surface area contributed by atoms with Gasteiger partial charge in [-0.2, -0.15) is 4.57 Å². The van der Waals surface area contributed by atoms with Gasteiger partial charge in [0.1, 0.15) is 18.3 Å². The van der Waals surface area contributed by atoms with E-state index in [1.165, 1.54) is 30.9 Å². The first-order valence-corrected chi connectivity index (χ1v) is 9.02. The van der Waals surface area contributed by atoms with Crippen molar-refractivity contribution in [2.24, 2.45) is 5.92 Å². The van der Waals surface area contributed by atoms with E-state index < -0.39 is 42.3 Å². The molecule has 0 aromatic carbocycles. The van der Waals surface area contributed by atoms with Crippen LogP contribution in [-0.2, 0) is 33.3 Å². The summed E-state index contributed by atoms with van der Waals surface area (Å²) in [5.41, 5.74) is 0.0445. The summed E-state index contributed by atoms with van der Waals surface area (Å²) in [4.78, 5) is 45.7. The van der Waals surface area contributed by atoms with E-state index in [1.54, 1.807) is 19.2 Å². The maximum atomic E-state index is 11.8. The second-order valence-electron chi connectivity index (χ2n) is 6.60. The van der Waals surface area contributed by atoms with E-state index in [9.17, 15) is 24.3 Å². The Morgan fingerprint density at radius 2 is 1.90 bits per heavy atom. The lowest BCUT2D eigenvalue weighted by molar-refractivity contribution is -0.765. The number of aromatic carboxylic acids is 1. The van der Waals surface area contributed by atoms with E-state index >= 15 is 0 Å². The molecular formula is C19H24NO9+. The fourth-order valence-electron chi connectivity index (χ4n) is 2.97. The molecule has 10 heteroatoms. The van der Waals surface area contributed by atoms with Crippen molar-refractivity contribution >= 4 is 23.9 Å². The number of aromatic nitrogens is 1. The van der Waals surface area contributed by atoms with Crippen molar-refractivity contribution in [1.29, 1.82) is 0 Å². The third-order valence-electron chi connectivity index (χ3n) is 4.53. The molecule has 1 N–H and O–H groups in total. The van der Waals surface area contributed by atoms with E-state index in [-0.39, 0.29) is 30.9 Å². The molecule has 0 saturated carbocycles. The number of carboxylic acids is 1. The average Bonchev–Trinajstić information content (AvgIpc) is 2.99. The Kier molecular flexibility index (Phi) is 7.66. The number of methoxy groups -OCH3 is 1. The molecule has 1 unspecified atom stereocenters. The number of carboxylic acid groups (broad SMARTS) is 1. The molecule has 1 aromatic rings. The molecule has 1 aliphatic rings. The summed E-state index contributed by atoms with van der Waals surface area (Å²) in [5, 5.41) is 9.19. The average molecular weight is 410 g/mol. The first-order chi connectivity index (χ1) is 13.7. The summed E-state index contributed by atoms with van der Waals surface area (Å²) in [6, 6.07) is 2.97. The molecule has 10 nitrogen and oxygen atoms in total. The Hall–Kier alpha value is -3.01. The zero-order valence-corrected chi connectivity index (χ0v) is 16.4. The van der Waals surface area contributed by atoms with Crippen LogP contribution in [0.2, 0.25) is 0 Å². The predicted octanol–water partition coefficient (Wildman–Crippen LogP) is 0.634. The van der Waals surface area contributed by atoms with E-state index in [0.29, 0.717) is 0 Å². The number of hydrogen-bond acceptors (Lipinski definition) is 8. The monoisotopic (exact) mass is 410 g/mol. The molecule has 0 bridgehead atoms. The van der Waals surface area contributed by atoms with Crippen molar-refractivity contribution in [2.75, 3.05) is 13.7 Å². The smallest absolute Gasteiger partial charge is 0.341 e. The van der Waals surface area contributed by atoms with Gasteiger partial charge in [0.25, 0.3) is 0 Å². The van der Waals surface area contributed by atoms with Gasteiger partial charge >= 0.3 is 30.1 Å². The number of ether oxygens (including phenoxy) is 4. The molecule has 0 spiro atoms. The summed E-state index contributed by atoms with van der Waals surface area (Å²) in [5.74, 6) is -3.05. The number of hydrogen-bond donors (Lipinski definition) is 1. The molecule has 1 saturated heterocycles. The zero-order valence-electron chi connectivity index (χ0n) is 16.4. The molecule has 0 amide bonds. The van der Waals surface area contributed by atoms with Gasteiger partial charge in [0.15, 0.2) is 18.5 Å². The highest BCUT2D eigenvalue weighted by molar-refractivity contribution is 5.86. The minimum absolute atomic E-state index is 0.0445. The van der Waals surface area contributed by atoms with Gasteiger partial charge in [-0.25, -0.2) is 4.79 Å². The SMILES string of the molecule is COC(=O)CCC(=O)OC[C@H]1O[C@@H]([n+]2cccc(C(=O)O)c2)C(OC(C)=O)[C@@H]1C. The topological polar surface area (TPSA) is 129 Å². The molecule has 1 fully saturated rings. The fraction of sp³-hybridized carbons (Fsp3) is 0.526. The summed E-state index contributed by atoms with van der Waals surface area (Å²) >= 11 is 0. The zero-order chi connectivity index (χ0) is 21.6. The molecule has 1 aliphatic heterocycles. The Bertz CT molecular complexity index is 779. The summed E-state index contributed by atoms with van der Waals surface area (Å²) in [6.45, 7) is 2.94. The van der Waals surface area contributed by atoms with Gasteiger partial charge in [0, 0.05) is 18.9 Å². The largest absolute Gasteiger partial charge is 0.477 e. The van der Waals surface area contributed by atoms with Crippen LogP contribution in [0, 0.1) is 5.92 Å². The highest BCUT2D eigenvalue weighted by Gasteiger charge is 2.50. The number of nitrogens with zero attached hydrogens (tertiary/aromatic N) is 1. The summed E-state index contributed by atoms with van der Waals surface area (Å²) < 4.78 is 22.5. The van der Waals surface area contributed by atoms with E-state index in [1.807, 2.05) is 0 Å². The van der Waals surface area contributed by atoms with Crippen molar-refractivity contribution in [3.05, 3.63) is 30.1 Å². The van der Waals surface area contributed by atoms with Crippen LogP contribution in [0.3, 0.4) is 0 Å². The molecule has 0 radical (unpaired) electrons. The second-order valence-corrected chi connectivity index (χ2v) is 6.60. The molecule has 2 rings (SSSR count). The van der Waals surface area contributed by atoms with Crippen molar-refractivity contribution in [3.63, 3.8) is 0 Å². The van der Waals surface area contributed by atoms with Gasteiger partial charge in [-0.1, -0.05) is 6.92 Å². The standard InChI is InChI=1S/C19H23NO9/c1-11-14(10-27-16(23)7-6-15(22)26-3)29-18(17(11)28-12(2)21)20-8-4-5-13(9-20)19(24)25/h4-5,8-9,11,14,17-18H,6-7,10H2,1-3H3/p+1/t11-,14-,17?,18-/m1/s1. The van der Waals surface area contributed by atoms with Gasteiger partial charge in [0.05, 0.1) is 20.0 Å². The molecular weight excluding hydrogens is 386 g/mol. The lowest BCUT2D eigenvalue weighted by Gasteiger charge is -2.17. The Labute approximate surface area is 167 Å². The second kappa shape index (κ2) is 9.97. The number of carbonyl (C=O) groups excluding carboxylic acids is 3. The van der Waals surface area contributed by atoms with Crippen LogP contribution in [-0.4, -0.2) is 54.9 Å². The van der Waals surface area contributed by atoms with Crippen LogP contribution >= 0.6 is 0 Å². The van der Waals surface area contributed by atoms with Crippen molar-refractivity contribution in [3.8, 4) is 0 Å². The molecule has 4 atom stereocenters. The molecule has 29 heavy (non-hydrogen) atoms. The minimum Gasteiger partial charge on any atom is -0.477 e. The number of carbonyl (C=O) groups is 4. The predicted molar refractivity (Wildman–Crippen MR) is 94.4 cm³/mol. The highest BCUT2D eigenvalue weighted by Crippen LogP contribution is 2.33. The van der Waals surface area contributed by atoms with Crippen LogP contribution in [0.4, 0.5) is 0 Å². The van der Waals surface area contributed by atoms with Crippen LogP contribution in [0.5, 0.6) is 0 Å². The van der Waals surface area contributed by atoms with Gasteiger partial charge in [-0.05, 0) is 6.07 Å². The van der Waals surface area contributed by atoms with Crippen molar-refractivity contribution in [2.45, 2.75) is 45.1 Å². The van der Waals surface area contributed by atoms with Crippen LogP contribution in [0.1, 0.15) is 43.3 Å². The molecule has 158 valence electrons. The minimum atomic E-state index is -1.11. The number of esters is 3. The van der Waals surface area contributed by atoms with E-state index in [0.717, 1.165) is 0 Å². The molecule has 0 aliphatic carbocycles. The third-order valence-corrected chi connectivity index (χ3v) is 4.53. The molecule has 1 aromatic heterocycles. The number of rotatable bonds is 8. The first kappa shape index (κ1) is 22.3. The maximum Gasteiger partial charge on any atom is 0.341 e. The van der Waals surface area contributed by atoms with E-state index in [4.69, 9.17) is 14.2 Å². The Morgan fingerprint density at radius 3 is 2.52 bits per heavy atom. The van der Waals surface area contributed by atoms with Gasteiger partial charge in [-0.3, -0.25) is 14.4 Å². The first-order valence-electron chi connectivity index (χ1n) is 9.02. The van der Waals surface area contributed by atoms with Gasteiger partial charge < -0.3 is 24.1 Å². The third kappa shape index (κ3) is 5.98. The van der Waals surface area contributed by atoms with Crippen LogP contribution in [0.25, 0.3) is 0 Å². The molecule has 2 heterocycles. The van der Waals surface area contributed by atoms with Gasteiger partial charge in [0.2, 0.25) is 0 Å². The number of pyridine rings is 1. The Balaban J connectivity index is 2.09. The maximum absolute atomic E-state index is 11.8. The normalized spacial score (nSPS) is 23.3. The van der Waals surface area contributed by atoms with Gasteiger partial charge in [-0.15, -0.1) is 0 Å². The van der Waals surface area contributed by atoms with Crippen LogP contribution < -0.4 is 4.57 Å². The lowest BCUT2D eigenvalue weighted by Crippen LogP contribution is -2.46. The quantitative estimate of drug-likeness (QED) is 0.373. The van der Waals surface area contributed by atoms with Crippen molar-refractivity contribution in [1.82, 2.24) is 0 Å². The van der Waals surface area contributed by atoms with E-state index in [2.05, 4.69) is 4.74 Å². The lowest BCUT2D eigenvalue weighted by atomic mass is 10.0. The summed E-state index contributed by atoms with van der Waals surface area (Å²) in [6.07, 6.45) is 0.679. The Morgan fingerprint density at radius 1 is 1.21 bits per heavy atom. The highest BCUT2D eigenvalue weighted by atomic mass is 16.6.